The molecule has 0 aliphatic rings. The van der Waals surface area contributed by atoms with E-state index >= 15 is 0 Å². The Bertz CT molecular complexity index is 456. The number of hydrogen-bond acceptors (Lipinski definition) is 4. The van der Waals surface area contributed by atoms with Crippen LogP contribution in [0.4, 0.5) is 14.9 Å². The molecule has 1 amide bonds. The monoisotopic (exact) mass is 270 g/mol. The Kier molecular flexibility index (Phi) is 4.69. The highest BCUT2D eigenvalue weighted by Crippen LogP contribution is 2.25. The molecule has 0 saturated heterocycles. The average Bonchev–Trinajstić information content (AvgIpc) is 2.18. The van der Waals surface area contributed by atoms with Gasteiger partial charge >= 0.3 is 6.09 Å². The van der Waals surface area contributed by atoms with Gasteiger partial charge in [-0.05, 0) is 34.6 Å². The Balaban J connectivity index is 2.86. The first-order chi connectivity index (χ1) is 8.67. The third-order valence-corrected chi connectivity index (χ3v) is 1.83. The number of amides is 1. The van der Waals surface area contributed by atoms with Crippen LogP contribution in [0.25, 0.3) is 0 Å². The molecule has 0 spiro atoms. The van der Waals surface area contributed by atoms with Crippen molar-refractivity contribution < 1.29 is 18.7 Å². The molecule has 1 heterocycles. The van der Waals surface area contributed by atoms with E-state index in [-0.39, 0.29) is 11.8 Å². The van der Waals surface area contributed by atoms with Gasteiger partial charge in [-0.25, -0.2) is 9.78 Å². The van der Waals surface area contributed by atoms with Crippen molar-refractivity contribution in [2.75, 3.05) is 5.32 Å². The van der Waals surface area contributed by atoms with Crippen LogP contribution in [0.2, 0.25) is 0 Å². The van der Waals surface area contributed by atoms with Crippen LogP contribution in [0.3, 0.4) is 0 Å². The molecule has 0 radical (unpaired) electrons. The number of pyridine rings is 1. The number of nitrogens with one attached hydrogen (secondary N) is 1. The van der Waals surface area contributed by atoms with E-state index in [1.54, 1.807) is 20.8 Å². The summed E-state index contributed by atoms with van der Waals surface area (Å²) in [5, 5.41) is 2.45. The van der Waals surface area contributed by atoms with E-state index in [0.29, 0.717) is 5.75 Å². The average molecular weight is 270 g/mol. The lowest BCUT2D eigenvalue weighted by Gasteiger charge is -2.20. The topological polar surface area (TPSA) is 60.5 Å². The predicted octanol–water partition coefficient (Wildman–Crippen LogP) is 3.35. The summed E-state index contributed by atoms with van der Waals surface area (Å²) >= 11 is 0. The molecular formula is C13H19FN2O3. The van der Waals surface area contributed by atoms with Gasteiger partial charge < -0.3 is 9.47 Å². The third-order valence-electron chi connectivity index (χ3n) is 1.83. The van der Waals surface area contributed by atoms with Crippen LogP contribution >= 0.6 is 0 Å². The molecule has 1 aromatic rings. The van der Waals surface area contributed by atoms with E-state index in [2.05, 4.69) is 10.3 Å². The number of halogens is 1. The van der Waals surface area contributed by atoms with Crippen LogP contribution in [-0.2, 0) is 4.74 Å². The van der Waals surface area contributed by atoms with Crippen LogP contribution in [0, 0.1) is 5.95 Å². The van der Waals surface area contributed by atoms with Gasteiger partial charge in [0.05, 0.1) is 18.0 Å². The number of anilines is 1. The van der Waals surface area contributed by atoms with Crippen molar-refractivity contribution in [3.63, 3.8) is 0 Å². The SMILES string of the molecule is CC(C)Oc1cnc(F)cc1NC(=O)OC(C)(C)C. The van der Waals surface area contributed by atoms with Gasteiger partial charge in [-0.2, -0.15) is 4.39 Å². The second-order valence-corrected chi connectivity index (χ2v) is 5.30. The molecule has 19 heavy (non-hydrogen) atoms. The van der Waals surface area contributed by atoms with Gasteiger partial charge in [0.1, 0.15) is 5.60 Å². The van der Waals surface area contributed by atoms with E-state index in [0.717, 1.165) is 6.07 Å². The normalized spacial score (nSPS) is 11.3. The minimum Gasteiger partial charge on any atom is -0.487 e. The van der Waals surface area contributed by atoms with Crippen molar-refractivity contribution in [2.24, 2.45) is 0 Å². The summed E-state index contributed by atoms with van der Waals surface area (Å²) in [6.45, 7) is 8.86. The van der Waals surface area contributed by atoms with Gasteiger partial charge in [0.2, 0.25) is 5.95 Å². The number of rotatable bonds is 3. The second-order valence-electron chi connectivity index (χ2n) is 5.30. The number of hydrogen-bond donors (Lipinski definition) is 1. The second kappa shape index (κ2) is 5.86. The fraction of sp³-hybridized carbons (Fsp3) is 0.538. The Morgan fingerprint density at radius 1 is 1.42 bits per heavy atom. The zero-order valence-corrected chi connectivity index (χ0v) is 11.8. The van der Waals surface area contributed by atoms with Crippen molar-refractivity contribution in [1.82, 2.24) is 4.98 Å². The number of nitrogens with zero attached hydrogens (tertiary/aromatic N) is 1. The molecule has 0 bridgehead atoms. The zero-order valence-electron chi connectivity index (χ0n) is 11.8. The number of ether oxygens (including phenoxy) is 2. The van der Waals surface area contributed by atoms with Gasteiger partial charge in [0, 0.05) is 6.07 Å². The Hall–Kier alpha value is -1.85. The molecule has 6 heteroatoms. The molecule has 1 N–H and O–H groups in total. The first kappa shape index (κ1) is 15.2. The molecule has 0 unspecified atom stereocenters. The van der Waals surface area contributed by atoms with Crippen molar-refractivity contribution >= 4 is 11.8 Å². The highest BCUT2D eigenvalue weighted by Gasteiger charge is 2.18. The molecule has 1 aromatic heterocycles. The predicted molar refractivity (Wildman–Crippen MR) is 69.8 cm³/mol. The number of carbonyl (C=O) groups excluding carboxylic acids is 1. The molecule has 0 aliphatic heterocycles. The fourth-order valence-electron chi connectivity index (χ4n) is 1.28. The molecule has 1 rings (SSSR count). The highest BCUT2D eigenvalue weighted by atomic mass is 19.1. The molecule has 0 fully saturated rings. The summed E-state index contributed by atoms with van der Waals surface area (Å²) in [6.07, 6.45) is 0.431. The Labute approximate surface area is 112 Å². The van der Waals surface area contributed by atoms with Crippen molar-refractivity contribution in [2.45, 2.75) is 46.3 Å². The maximum atomic E-state index is 13.1. The quantitative estimate of drug-likeness (QED) is 0.855. The lowest BCUT2D eigenvalue weighted by atomic mass is 10.2. The van der Waals surface area contributed by atoms with Gasteiger partial charge in [0.25, 0.3) is 0 Å². The van der Waals surface area contributed by atoms with Crippen molar-refractivity contribution in [3.8, 4) is 5.75 Å². The van der Waals surface area contributed by atoms with Crippen molar-refractivity contribution in [1.29, 1.82) is 0 Å². The zero-order chi connectivity index (χ0) is 14.6. The van der Waals surface area contributed by atoms with E-state index in [1.807, 2.05) is 13.8 Å². The summed E-state index contributed by atoms with van der Waals surface area (Å²) in [5.74, 6) is -0.413. The molecular weight excluding hydrogens is 251 g/mol. The first-order valence-electron chi connectivity index (χ1n) is 5.99. The van der Waals surface area contributed by atoms with Gasteiger partial charge in [-0.15, -0.1) is 0 Å². The summed E-state index contributed by atoms with van der Waals surface area (Å²) < 4.78 is 23.6. The summed E-state index contributed by atoms with van der Waals surface area (Å²) in [5.41, 5.74) is -0.440. The number of carbonyl (C=O) groups is 1. The van der Waals surface area contributed by atoms with E-state index in [9.17, 15) is 9.18 Å². The minimum atomic E-state index is -0.706. The molecule has 106 valence electrons. The standard InChI is InChI=1S/C13H19FN2O3/c1-8(2)18-10-7-15-11(14)6-9(10)16-12(17)19-13(3,4)5/h6-8H,1-5H3,(H,15,16,17). The van der Waals surface area contributed by atoms with Crippen LogP contribution < -0.4 is 10.1 Å². The molecule has 5 nitrogen and oxygen atoms in total. The van der Waals surface area contributed by atoms with Crippen LogP contribution in [0.1, 0.15) is 34.6 Å². The smallest absolute Gasteiger partial charge is 0.412 e. The Morgan fingerprint density at radius 2 is 2.05 bits per heavy atom. The molecule has 0 atom stereocenters. The van der Waals surface area contributed by atoms with Crippen molar-refractivity contribution in [3.05, 3.63) is 18.2 Å². The number of aromatic nitrogens is 1. The van der Waals surface area contributed by atoms with Crippen LogP contribution in [-0.4, -0.2) is 22.8 Å². The largest absolute Gasteiger partial charge is 0.487 e. The van der Waals surface area contributed by atoms with E-state index in [1.165, 1.54) is 6.20 Å². The van der Waals surface area contributed by atoms with Gasteiger partial charge in [0.15, 0.2) is 5.75 Å². The van der Waals surface area contributed by atoms with Crippen LogP contribution in [0.15, 0.2) is 12.3 Å². The molecule has 0 aromatic carbocycles. The summed E-state index contributed by atoms with van der Waals surface area (Å²) in [6, 6.07) is 1.08. The Morgan fingerprint density at radius 3 is 2.58 bits per heavy atom. The minimum absolute atomic E-state index is 0.119. The summed E-state index contributed by atoms with van der Waals surface area (Å²) in [4.78, 5) is 15.1. The maximum absolute atomic E-state index is 13.1. The van der Waals surface area contributed by atoms with Crippen LogP contribution in [0.5, 0.6) is 5.75 Å². The van der Waals surface area contributed by atoms with E-state index in [4.69, 9.17) is 9.47 Å². The fourth-order valence-corrected chi connectivity index (χ4v) is 1.28. The third kappa shape index (κ3) is 5.54. The first-order valence-corrected chi connectivity index (χ1v) is 5.99. The van der Waals surface area contributed by atoms with Gasteiger partial charge in [-0.3, -0.25) is 5.32 Å². The van der Waals surface area contributed by atoms with Gasteiger partial charge in [-0.1, -0.05) is 0 Å². The molecule has 0 aliphatic carbocycles. The molecule has 0 saturated carbocycles. The lowest BCUT2D eigenvalue weighted by molar-refractivity contribution is 0.0635. The van der Waals surface area contributed by atoms with E-state index < -0.39 is 17.6 Å². The summed E-state index contributed by atoms with van der Waals surface area (Å²) in [7, 11) is 0. The highest BCUT2D eigenvalue weighted by molar-refractivity contribution is 5.86. The maximum Gasteiger partial charge on any atom is 0.412 e. The lowest BCUT2D eigenvalue weighted by Crippen LogP contribution is -2.27.